The predicted octanol–water partition coefficient (Wildman–Crippen LogP) is 2.58. The van der Waals surface area contributed by atoms with Crippen LogP contribution in [0.2, 0.25) is 0 Å². The van der Waals surface area contributed by atoms with Crippen molar-refractivity contribution in [2.45, 2.75) is 58.2 Å². The topological polar surface area (TPSA) is 65.9 Å². The van der Waals surface area contributed by atoms with Crippen molar-refractivity contribution >= 4 is 5.96 Å². The number of hydrogen-bond acceptors (Lipinski definition) is 3. The van der Waals surface area contributed by atoms with E-state index in [1.165, 1.54) is 6.07 Å². The lowest BCUT2D eigenvalue weighted by Crippen LogP contribution is -2.45. The van der Waals surface area contributed by atoms with Gasteiger partial charge in [-0.15, -0.1) is 0 Å². The molecule has 0 heterocycles. The lowest BCUT2D eigenvalue weighted by Gasteiger charge is -2.27. The predicted molar refractivity (Wildman–Crippen MR) is 93.8 cm³/mol. The second-order valence-electron chi connectivity index (χ2n) is 6.04. The molecule has 2 rings (SSSR count). The summed E-state index contributed by atoms with van der Waals surface area (Å²) in [6.45, 7) is 5.44. The Morgan fingerprint density at radius 2 is 2.04 bits per heavy atom. The summed E-state index contributed by atoms with van der Waals surface area (Å²) < 4.78 is 19.1. The average molecular weight is 337 g/mol. The zero-order chi connectivity index (χ0) is 17.4. The molecule has 24 heavy (non-hydrogen) atoms. The van der Waals surface area contributed by atoms with E-state index in [2.05, 4.69) is 15.6 Å². The Morgan fingerprint density at radius 3 is 2.67 bits per heavy atom. The van der Waals surface area contributed by atoms with Crippen molar-refractivity contribution < 1.29 is 14.2 Å². The minimum atomic E-state index is -0.358. The largest absolute Gasteiger partial charge is 0.491 e. The minimum Gasteiger partial charge on any atom is -0.491 e. The number of guanidine groups is 1. The van der Waals surface area contributed by atoms with Crippen LogP contribution in [0.15, 0.2) is 23.2 Å². The number of aliphatic hydroxyl groups is 1. The van der Waals surface area contributed by atoms with Gasteiger partial charge in [0.05, 0.1) is 19.3 Å². The SMILES string of the molecule is CCNC(=NCc1ccc(OCC)c(F)c1)NC1CCC(O)CC1. The third kappa shape index (κ3) is 5.67. The Labute approximate surface area is 143 Å². The molecule has 1 saturated carbocycles. The van der Waals surface area contributed by atoms with Gasteiger partial charge in [-0.2, -0.15) is 0 Å². The molecule has 0 aromatic heterocycles. The number of aliphatic hydroxyl groups excluding tert-OH is 1. The van der Waals surface area contributed by atoms with Gasteiger partial charge in [-0.3, -0.25) is 0 Å². The summed E-state index contributed by atoms with van der Waals surface area (Å²) in [5.41, 5.74) is 0.798. The van der Waals surface area contributed by atoms with E-state index >= 15 is 0 Å². The summed E-state index contributed by atoms with van der Waals surface area (Å²) in [6, 6.07) is 5.27. The maximum atomic E-state index is 13.9. The number of nitrogens with zero attached hydrogens (tertiary/aromatic N) is 1. The van der Waals surface area contributed by atoms with Crippen molar-refractivity contribution in [2.75, 3.05) is 13.2 Å². The Morgan fingerprint density at radius 1 is 1.29 bits per heavy atom. The Kier molecular flexibility index (Phi) is 7.31. The first-order chi connectivity index (χ1) is 11.6. The molecule has 3 N–H and O–H groups in total. The van der Waals surface area contributed by atoms with Gasteiger partial charge in [0.15, 0.2) is 17.5 Å². The van der Waals surface area contributed by atoms with E-state index in [0.717, 1.165) is 43.8 Å². The smallest absolute Gasteiger partial charge is 0.191 e. The number of aliphatic imine (C=N–C) groups is 1. The van der Waals surface area contributed by atoms with E-state index < -0.39 is 0 Å². The molecule has 134 valence electrons. The molecule has 6 heteroatoms. The second-order valence-corrected chi connectivity index (χ2v) is 6.04. The van der Waals surface area contributed by atoms with Crippen LogP contribution in [0, 0.1) is 5.82 Å². The Balaban J connectivity index is 1.96. The lowest BCUT2D eigenvalue weighted by atomic mass is 9.93. The molecule has 1 fully saturated rings. The van der Waals surface area contributed by atoms with Gasteiger partial charge in [0.2, 0.25) is 0 Å². The fraction of sp³-hybridized carbons (Fsp3) is 0.611. The molecule has 0 atom stereocenters. The number of hydrogen-bond donors (Lipinski definition) is 3. The summed E-state index contributed by atoms with van der Waals surface area (Å²) in [4.78, 5) is 4.54. The van der Waals surface area contributed by atoms with Crippen molar-refractivity contribution in [2.24, 2.45) is 4.99 Å². The molecule has 1 aliphatic carbocycles. The van der Waals surface area contributed by atoms with Crippen LogP contribution in [-0.2, 0) is 6.54 Å². The van der Waals surface area contributed by atoms with Gasteiger partial charge < -0.3 is 20.5 Å². The van der Waals surface area contributed by atoms with Gasteiger partial charge in [-0.05, 0) is 57.2 Å². The highest BCUT2D eigenvalue weighted by Crippen LogP contribution is 2.19. The fourth-order valence-corrected chi connectivity index (χ4v) is 2.82. The first-order valence-electron chi connectivity index (χ1n) is 8.76. The van der Waals surface area contributed by atoms with Crippen LogP contribution >= 0.6 is 0 Å². The zero-order valence-corrected chi connectivity index (χ0v) is 14.5. The van der Waals surface area contributed by atoms with Crippen LogP contribution < -0.4 is 15.4 Å². The standard InChI is InChI=1S/C18H28FN3O2/c1-3-20-18(22-14-6-8-15(23)9-7-14)21-12-13-5-10-17(24-4-2)16(19)11-13/h5,10-11,14-15,23H,3-4,6-9,12H2,1-2H3,(H2,20,21,22). The van der Waals surface area contributed by atoms with Crippen molar-refractivity contribution in [3.05, 3.63) is 29.6 Å². The van der Waals surface area contributed by atoms with Crippen LogP contribution in [0.4, 0.5) is 4.39 Å². The summed E-state index contributed by atoms with van der Waals surface area (Å²) in [5, 5.41) is 16.2. The van der Waals surface area contributed by atoms with Gasteiger partial charge >= 0.3 is 0 Å². The molecule has 0 bridgehead atoms. The summed E-state index contributed by atoms with van der Waals surface area (Å²) >= 11 is 0. The summed E-state index contributed by atoms with van der Waals surface area (Å²) in [7, 11) is 0. The first kappa shape index (κ1) is 18.5. The molecule has 0 radical (unpaired) electrons. The second kappa shape index (κ2) is 9.47. The third-order valence-corrected chi connectivity index (χ3v) is 4.10. The third-order valence-electron chi connectivity index (χ3n) is 4.10. The van der Waals surface area contributed by atoms with E-state index in [1.807, 2.05) is 19.9 Å². The van der Waals surface area contributed by atoms with Crippen LogP contribution in [-0.4, -0.2) is 36.4 Å². The van der Waals surface area contributed by atoms with Crippen LogP contribution in [0.1, 0.15) is 45.1 Å². The molecule has 1 aromatic carbocycles. The van der Waals surface area contributed by atoms with Crippen molar-refractivity contribution in [1.82, 2.24) is 10.6 Å². The molecular weight excluding hydrogens is 309 g/mol. The quantitative estimate of drug-likeness (QED) is 0.551. The minimum absolute atomic E-state index is 0.172. The van der Waals surface area contributed by atoms with E-state index in [4.69, 9.17) is 4.74 Å². The maximum absolute atomic E-state index is 13.9. The highest BCUT2D eigenvalue weighted by atomic mass is 19.1. The number of rotatable bonds is 6. The maximum Gasteiger partial charge on any atom is 0.191 e. The van der Waals surface area contributed by atoms with E-state index in [9.17, 15) is 9.50 Å². The molecule has 0 aliphatic heterocycles. The van der Waals surface area contributed by atoms with Gasteiger partial charge in [0, 0.05) is 12.6 Å². The molecule has 1 aliphatic rings. The van der Waals surface area contributed by atoms with Gasteiger partial charge in [0.1, 0.15) is 0 Å². The monoisotopic (exact) mass is 337 g/mol. The van der Waals surface area contributed by atoms with Gasteiger partial charge in [0.25, 0.3) is 0 Å². The highest BCUT2D eigenvalue weighted by molar-refractivity contribution is 5.80. The van der Waals surface area contributed by atoms with Crippen molar-refractivity contribution in [3.8, 4) is 5.75 Å². The van der Waals surface area contributed by atoms with Gasteiger partial charge in [-0.1, -0.05) is 6.07 Å². The number of ether oxygens (including phenoxy) is 1. The van der Waals surface area contributed by atoms with E-state index in [0.29, 0.717) is 19.2 Å². The molecule has 1 aromatic rings. The molecule has 0 unspecified atom stereocenters. The molecule has 5 nitrogen and oxygen atoms in total. The van der Waals surface area contributed by atoms with Crippen LogP contribution in [0.5, 0.6) is 5.75 Å². The lowest BCUT2D eigenvalue weighted by molar-refractivity contribution is 0.120. The molecular formula is C18H28FN3O2. The fourth-order valence-electron chi connectivity index (χ4n) is 2.82. The Hall–Kier alpha value is -1.82. The zero-order valence-electron chi connectivity index (χ0n) is 14.5. The van der Waals surface area contributed by atoms with Crippen LogP contribution in [0.3, 0.4) is 0 Å². The Bertz CT molecular complexity index is 543. The molecule has 0 spiro atoms. The normalized spacial score (nSPS) is 21.4. The number of halogens is 1. The molecule has 0 amide bonds. The van der Waals surface area contributed by atoms with Crippen LogP contribution in [0.25, 0.3) is 0 Å². The molecule has 0 saturated heterocycles. The van der Waals surface area contributed by atoms with E-state index in [1.54, 1.807) is 6.07 Å². The van der Waals surface area contributed by atoms with Crippen molar-refractivity contribution in [3.63, 3.8) is 0 Å². The first-order valence-corrected chi connectivity index (χ1v) is 8.76. The van der Waals surface area contributed by atoms with Gasteiger partial charge in [-0.25, -0.2) is 9.38 Å². The number of nitrogens with one attached hydrogen (secondary N) is 2. The van der Waals surface area contributed by atoms with E-state index in [-0.39, 0.29) is 17.7 Å². The summed E-state index contributed by atoms with van der Waals surface area (Å²) in [5.74, 6) is 0.646. The average Bonchev–Trinajstić information content (AvgIpc) is 2.57. The van der Waals surface area contributed by atoms with Crippen molar-refractivity contribution in [1.29, 1.82) is 0 Å². The highest BCUT2D eigenvalue weighted by Gasteiger charge is 2.19. The number of benzene rings is 1. The summed E-state index contributed by atoms with van der Waals surface area (Å²) in [6.07, 6.45) is 3.34.